The monoisotopic (exact) mass is 339 g/mol. The van der Waals surface area contributed by atoms with Gasteiger partial charge in [-0.15, -0.1) is 0 Å². The molecule has 0 saturated heterocycles. The van der Waals surface area contributed by atoms with E-state index in [1.807, 2.05) is 0 Å². The number of hydrogen-bond acceptors (Lipinski definition) is 1. The Balaban J connectivity index is 0. The minimum atomic E-state index is -0.859. The van der Waals surface area contributed by atoms with Crippen molar-refractivity contribution in [2.24, 2.45) is 5.73 Å². The van der Waals surface area contributed by atoms with Crippen LogP contribution in [0, 0.1) is 0 Å². The first-order valence-corrected chi connectivity index (χ1v) is 10.2. The fraction of sp³-hybridized carbons (Fsp3) is 1.00. The van der Waals surface area contributed by atoms with Crippen LogP contribution in [0.4, 0.5) is 0 Å². The van der Waals surface area contributed by atoms with Crippen molar-refractivity contribution in [1.29, 1.82) is 0 Å². The number of halogens is 1. The minimum absolute atomic E-state index is 0. The average molecular weight is 340 g/mol. The maximum Gasteiger partial charge on any atom is 0.116 e. The van der Waals surface area contributed by atoms with E-state index in [9.17, 15) is 0 Å². The Morgan fingerprint density at radius 2 is 1.11 bits per heavy atom. The highest BCUT2D eigenvalue weighted by Gasteiger charge is 2.40. The molecule has 0 aliphatic rings. The highest BCUT2D eigenvalue weighted by atomic mass is 79.9. The predicted octanol–water partition coefficient (Wildman–Crippen LogP) is 2.10. The summed E-state index contributed by atoms with van der Waals surface area (Å²) in [6, 6.07) is 0. The lowest BCUT2D eigenvalue weighted by Gasteiger charge is -2.32. The van der Waals surface area contributed by atoms with Gasteiger partial charge < -0.3 is 17.0 Å². The van der Waals surface area contributed by atoms with Crippen LogP contribution in [-0.2, 0) is 0 Å². The van der Waals surface area contributed by atoms with E-state index in [1.54, 1.807) is 0 Å². The van der Waals surface area contributed by atoms with E-state index < -0.39 is 7.26 Å². The van der Waals surface area contributed by atoms with E-state index in [-0.39, 0.29) is 17.0 Å². The molecule has 112 valence electrons. The summed E-state index contributed by atoms with van der Waals surface area (Å²) in [7, 11) is -0.859. The molecular weight excluding hydrogens is 305 g/mol. The van der Waals surface area contributed by atoms with Gasteiger partial charge in [0.2, 0.25) is 0 Å². The van der Waals surface area contributed by atoms with Crippen molar-refractivity contribution < 1.29 is 17.0 Å². The van der Waals surface area contributed by atoms with Gasteiger partial charge in [0.1, 0.15) is 5.78 Å². The van der Waals surface area contributed by atoms with Gasteiger partial charge in [0.05, 0.1) is 18.5 Å². The second-order valence-electron chi connectivity index (χ2n) is 5.43. The van der Waals surface area contributed by atoms with Crippen molar-refractivity contribution in [3.05, 3.63) is 0 Å². The zero-order chi connectivity index (χ0) is 13.1. The van der Waals surface area contributed by atoms with Gasteiger partial charge in [-0.2, -0.15) is 0 Å². The quantitative estimate of drug-likeness (QED) is 0.573. The first-order chi connectivity index (χ1) is 8.16. The van der Waals surface area contributed by atoms with Crippen LogP contribution in [0.2, 0.25) is 0 Å². The second-order valence-corrected chi connectivity index (χ2v) is 9.87. The molecule has 3 heteroatoms. The first kappa shape index (κ1) is 21.2. The summed E-state index contributed by atoms with van der Waals surface area (Å²) in [5.74, 6) is 0.521. The van der Waals surface area contributed by atoms with E-state index >= 15 is 0 Å². The molecule has 0 amide bonds. The molecule has 0 spiro atoms. The highest BCUT2D eigenvalue weighted by Crippen LogP contribution is 2.63. The Kier molecular flexibility index (Phi) is 15.2. The van der Waals surface area contributed by atoms with Crippen LogP contribution in [0.15, 0.2) is 0 Å². The fourth-order valence-electron chi connectivity index (χ4n) is 2.64. The Morgan fingerprint density at radius 3 is 1.33 bits per heavy atom. The van der Waals surface area contributed by atoms with E-state index in [0.717, 1.165) is 0 Å². The van der Waals surface area contributed by atoms with Crippen molar-refractivity contribution in [2.45, 2.75) is 78.4 Å². The second kappa shape index (κ2) is 12.9. The van der Waals surface area contributed by atoms with Crippen LogP contribution >= 0.6 is 7.26 Å². The number of nitrogens with two attached hydrogens (primary N) is 1. The molecule has 0 aliphatic carbocycles. The van der Waals surface area contributed by atoms with Gasteiger partial charge in [-0.25, -0.2) is 0 Å². The molecule has 0 saturated carbocycles. The Labute approximate surface area is 127 Å². The highest BCUT2D eigenvalue weighted by molar-refractivity contribution is 7.76. The molecule has 1 unspecified atom stereocenters. The molecule has 0 aromatic heterocycles. The lowest BCUT2D eigenvalue weighted by atomic mass is 10.4. The molecule has 1 nitrogen and oxygen atoms in total. The molecule has 0 bridgehead atoms. The molecule has 2 N–H and O–H groups in total. The van der Waals surface area contributed by atoms with Crippen molar-refractivity contribution in [3.8, 4) is 0 Å². The van der Waals surface area contributed by atoms with Gasteiger partial charge >= 0.3 is 0 Å². The van der Waals surface area contributed by atoms with Gasteiger partial charge in [-0.1, -0.05) is 47.0 Å². The standard InChI is InChI=1S/C15H35NP.BrH/c1-5-9-12-17(13-10-6-2,14-11-7-3)15(16)8-4;/h15H,5-14,16H2,1-4H3;1H/q+1;/p-1. The lowest BCUT2D eigenvalue weighted by Crippen LogP contribution is -3.00. The van der Waals surface area contributed by atoms with Crippen molar-refractivity contribution in [1.82, 2.24) is 0 Å². The van der Waals surface area contributed by atoms with Gasteiger partial charge in [0.15, 0.2) is 0 Å². The molecule has 0 rings (SSSR count). The van der Waals surface area contributed by atoms with Crippen LogP contribution in [0.25, 0.3) is 0 Å². The Morgan fingerprint density at radius 1 is 0.778 bits per heavy atom. The molecule has 0 aromatic rings. The molecule has 18 heavy (non-hydrogen) atoms. The summed E-state index contributed by atoms with van der Waals surface area (Å²) in [5.41, 5.74) is 6.52. The SMILES string of the molecule is CCCC[P+](CCCC)(CCCC)C(N)CC.[Br-]. The van der Waals surface area contributed by atoms with Crippen LogP contribution in [-0.4, -0.2) is 24.3 Å². The van der Waals surface area contributed by atoms with Crippen LogP contribution in [0.5, 0.6) is 0 Å². The summed E-state index contributed by atoms with van der Waals surface area (Å²) >= 11 is 0. The van der Waals surface area contributed by atoms with Crippen LogP contribution in [0.1, 0.15) is 72.6 Å². The minimum Gasteiger partial charge on any atom is -1.00 e. The van der Waals surface area contributed by atoms with Crippen molar-refractivity contribution >= 4 is 7.26 Å². The summed E-state index contributed by atoms with van der Waals surface area (Å²) in [6.45, 7) is 9.21. The molecule has 0 aliphatic heterocycles. The van der Waals surface area contributed by atoms with Gasteiger partial charge in [0.25, 0.3) is 0 Å². The predicted molar refractivity (Wildman–Crippen MR) is 84.5 cm³/mol. The average Bonchev–Trinajstić information content (AvgIpc) is 2.37. The molecule has 0 heterocycles. The topological polar surface area (TPSA) is 26.0 Å². The largest absolute Gasteiger partial charge is 1.00 e. The summed E-state index contributed by atoms with van der Waals surface area (Å²) in [4.78, 5) is 0. The van der Waals surface area contributed by atoms with Crippen LogP contribution < -0.4 is 22.7 Å². The third-order valence-corrected chi connectivity index (χ3v) is 9.39. The maximum absolute atomic E-state index is 6.52. The fourth-order valence-corrected chi connectivity index (χ4v) is 7.92. The van der Waals surface area contributed by atoms with Crippen molar-refractivity contribution in [3.63, 3.8) is 0 Å². The van der Waals surface area contributed by atoms with E-state index in [4.69, 9.17) is 5.73 Å². The number of rotatable bonds is 11. The third-order valence-electron chi connectivity index (χ3n) is 3.99. The first-order valence-electron chi connectivity index (χ1n) is 7.78. The lowest BCUT2D eigenvalue weighted by molar-refractivity contribution is -0.00000406. The molecule has 1 atom stereocenters. The normalized spacial score (nSPS) is 13.2. The Hall–Kier alpha value is 0.870. The van der Waals surface area contributed by atoms with Gasteiger partial charge in [0, 0.05) is 7.26 Å². The van der Waals surface area contributed by atoms with E-state index in [0.29, 0.717) is 5.78 Å². The van der Waals surface area contributed by atoms with Crippen molar-refractivity contribution in [2.75, 3.05) is 18.5 Å². The summed E-state index contributed by atoms with van der Waals surface area (Å²) < 4.78 is 0. The van der Waals surface area contributed by atoms with E-state index in [1.165, 1.54) is 63.4 Å². The molecule has 0 radical (unpaired) electrons. The van der Waals surface area contributed by atoms with Gasteiger partial charge in [-0.05, 0) is 25.7 Å². The molecular formula is C15H35BrNP. The molecule has 0 fully saturated rings. The smallest absolute Gasteiger partial charge is 0.116 e. The van der Waals surface area contributed by atoms with E-state index in [2.05, 4.69) is 27.7 Å². The number of hydrogen-bond donors (Lipinski definition) is 1. The number of unbranched alkanes of at least 4 members (excludes halogenated alkanes) is 3. The Bertz CT molecular complexity index is 154. The maximum atomic E-state index is 6.52. The zero-order valence-electron chi connectivity index (χ0n) is 13.1. The summed E-state index contributed by atoms with van der Waals surface area (Å²) in [6.07, 6.45) is 13.7. The summed E-state index contributed by atoms with van der Waals surface area (Å²) in [5, 5.41) is 0. The van der Waals surface area contributed by atoms with Crippen LogP contribution in [0.3, 0.4) is 0 Å². The van der Waals surface area contributed by atoms with Gasteiger partial charge in [-0.3, -0.25) is 5.73 Å². The molecule has 0 aromatic carbocycles. The zero-order valence-corrected chi connectivity index (χ0v) is 15.5. The third kappa shape index (κ3) is 7.46.